The lowest BCUT2D eigenvalue weighted by molar-refractivity contribution is 0.117. The second-order valence-corrected chi connectivity index (χ2v) is 6.67. The summed E-state index contributed by atoms with van der Waals surface area (Å²) in [6.07, 6.45) is 0.501. The van der Waals surface area contributed by atoms with Gasteiger partial charge in [0.25, 0.3) is 0 Å². The molecule has 102 valence electrons. The molecular formula is C14H14Cl2O2S. The predicted molar refractivity (Wildman–Crippen MR) is 80.3 cm³/mol. The van der Waals surface area contributed by atoms with Gasteiger partial charge in [-0.05, 0) is 30.2 Å². The van der Waals surface area contributed by atoms with Crippen LogP contribution in [0.1, 0.15) is 10.4 Å². The number of thiophene rings is 1. The van der Waals surface area contributed by atoms with Crippen molar-refractivity contribution in [1.82, 2.24) is 0 Å². The van der Waals surface area contributed by atoms with Gasteiger partial charge in [-0.1, -0.05) is 41.4 Å². The number of halogens is 2. The molecule has 0 saturated heterocycles. The van der Waals surface area contributed by atoms with Crippen LogP contribution in [0.5, 0.6) is 0 Å². The van der Waals surface area contributed by atoms with Crippen LogP contribution < -0.4 is 0 Å². The molecule has 2 nitrogen and oxygen atoms in total. The molecule has 1 heterocycles. The van der Waals surface area contributed by atoms with E-state index >= 15 is 0 Å². The predicted octanol–water partition coefficient (Wildman–Crippen LogP) is 3.52. The zero-order valence-electron chi connectivity index (χ0n) is 10.1. The van der Waals surface area contributed by atoms with E-state index in [-0.39, 0.29) is 13.2 Å². The van der Waals surface area contributed by atoms with Crippen molar-refractivity contribution < 1.29 is 10.2 Å². The molecule has 1 aromatic heterocycles. The fourth-order valence-electron chi connectivity index (χ4n) is 2.10. The second-order valence-electron chi connectivity index (χ2n) is 4.46. The third-order valence-electron chi connectivity index (χ3n) is 3.19. The summed E-state index contributed by atoms with van der Waals surface area (Å²) in [6, 6.07) is 11.0. The summed E-state index contributed by atoms with van der Waals surface area (Å²) < 4.78 is 0.693. The van der Waals surface area contributed by atoms with E-state index in [0.717, 1.165) is 10.4 Å². The molecule has 0 spiro atoms. The Kier molecular flexibility index (Phi) is 4.87. The molecule has 19 heavy (non-hydrogen) atoms. The van der Waals surface area contributed by atoms with E-state index in [9.17, 15) is 10.2 Å². The summed E-state index contributed by atoms with van der Waals surface area (Å²) in [5.41, 5.74) is -0.0295. The van der Waals surface area contributed by atoms with Gasteiger partial charge in [-0.25, -0.2) is 0 Å². The minimum Gasteiger partial charge on any atom is -0.395 e. The highest BCUT2D eigenvalue weighted by Gasteiger charge is 2.33. The summed E-state index contributed by atoms with van der Waals surface area (Å²) >= 11 is 13.6. The lowest BCUT2D eigenvalue weighted by Crippen LogP contribution is -2.37. The monoisotopic (exact) mass is 316 g/mol. The first-order valence-electron chi connectivity index (χ1n) is 5.82. The minimum absolute atomic E-state index is 0.178. The van der Waals surface area contributed by atoms with Gasteiger partial charge in [0.15, 0.2) is 0 Å². The van der Waals surface area contributed by atoms with Gasteiger partial charge >= 0.3 is 0 Å². The van der Waals surface area contributed by atoms with Crippen LogP contribution in [0.4, 0.5) is 0 Å². The van der Waals surface area contributed by atoms with Gasteiger partial charge in [-0.3, -0.25) is 0 Å². The summed E-state index contributed by atoms with van der Waals surface area (Å²) in [5.74, 6) is 0. The minimum atomic E-state index is -0.785. The smallest absolute Gasteiger partial charge is 0.0931 e. The first kappa shape index (κ1) is 14.8. The summed E-state index contributed by atoms with van der Waals surface area (Å²) in [6.45, 7) is -0.356. The van der Waals surface area contributed by atoms with Crippen LogP contribution in [0.25, 0.3) is 0 Å². The van der Waals surface area contributed by atoms with E-state index in [1.807, 2.05) is 30.3 Å². The van der Waals surface area contributed by atoms with Crippen LogP contribution in [0.3, 0.4) is 0 Å². The maximum Gasteiger partial charge on any atom is 0.0931 e. The third kappa shape index (κ3) is 3.12. The molecule has 0 fully saturated rings. The van der Waals surface area contributed by atoms with Crippen LogP contribution >= 0.6 is 34.5 Å². The SMILES string of the molecule is OCC(CO)(Cc1ccc(Cl)s1)c1ccccc1Cl. The normalized spacial score (nSPS) is 11.8. The number of aliphatic hydroxyl groups excluding tert-OH is 2. The maximum absolute atomic E-state index is 9.78. The first-order chi connectivity index (χ1) is 9.11. The lowest BCUT2D eigenvalue weighted by atomic mass is 9.78. The second kappa shape index (κ2) is 6.25. The zero-order valence-corrected chi connectivity index (χ0v) is 12.5. The van der Waals surface area contributed by atoms with Crippen molar-refractivity contribution in [3.8, 4) is 0 Å². The van der Waals surface area contributed by atoms with Crippen LogP contribution in [0.15, 0.2) is 36.4 Å². The third-order valence-corrected chi connectivity index (χ3v) is 4.75. The molecule has 0 radical (unpaired) electrons. The van der Waals surface area contributed by atoms with Gasteiger partial charge in [0, 0.05) is 15.3 Å². The van der Waals surface area contributed by atoms with E-state index in [4.69, 9.17) is 23.2 Å². The standard InChI is InChI=1S/C14H14Cl2O2S/c15-12-4-2-1-3-11(12)14(8-17,9-18)7-10-5-6-13(16)19-10/h1-6,17-18H,7-9H2. The molecule has 0 saturated carbocycles. The van der Waals surface area contributed by atoms with Crippen molar-refractivity contribution in [1.29, 1.82) is 0 Å². The Morgan fingerprint density at radius 1 is 1.00 bits per heavy atom. The zero-order chi connectivity index (χ0) is 13.9. The molecule has 2 aromatic rings. The number of rotatable bonds is 5. The number of aliphatic hydroxyl groups is 2. The Labute approximate surface area is 126 Å². The molecular weight excluding hydrogens is 303 g/mol. The Morgan fingerprint density at radius 2 is 1.68 bits per heavy atom. The van der Waals surface area contributed by atoms with Crippen molar-refractivity contribution in [3.63, 3.8) is 0 Å². The Hall–Kier alpha value is -0.580. The number of benzene rings is 1. The average molecular weight is 317 g/mol. The van der Waals surface area contributed by atoms with Crippen molar-refractivity contribution >= 4 is 34.5 Å². The highest BCUT2D eigenvalue weighted by atomic mass is 35.5. The van der Waals surface area contributed by atoms with Crippen molar-refractivity contribution in [3.05, 3.63) is 56.2 Å². The van der Waals surface area contributed by atoms with E-state index in [1.165, 1.54) is 11.3 Å². The van der Waals surface area contributed by atoms with E-state index in [2.05, 4.69) is 0 Å². The summed E-state index contributed by atoms with van der Waals surface area (Å²) in [5, 5.41) is 20.1. The molecule has 2 rings (SSSR count). The maximum atomic E-state index is 9.78. The van der Waals surface area contributed by atoms with Crippen LogP contribution in [-0.2, 0) is 11.8 Å². The largest absolute Gasteiger partial charge is 0.395 e. The average Bonchev–Trinajstić information content (AvgIpc) is 2.82. The van der Waals surface area contributed by atoms with E-state index < -0.39 is 5.41 Å². The lowest BCUT2D eigenvalue weighted by Gasteiger charge is -2.30. The Morgan fingerprint density at radius 3 is 2.21 bits per heavy atom. The van der Waals surface area contributed by atoms with Crippen molar-refractivity contribution in [2.45, 2.75) is 11.8 Å². The molecule has 0 bridgehead atoms. The van der Waals surface area contributed by atoms with Gasteiger partial charge in [-0.15, -0.1) is 11.3 Å². The quantitative estimate of drug-likeness (QED) is 0.886. The van der Waals surface area contributed by atoms with Crippen molar-refractivity contribution in [2.75, 3.05) is 13.2 Å². The highest BCUT2D eigenvalue weighted by molar-refractivity contribution is 7.16. The summed E-state index contributed by atoms with van der Waals surface area (Å²) in [4.78, 5) is 1.01. The number of hydrogen-bond donors (Lipinski definition) is 2. The van der Waals surface area contributed by atoms with Gasteiger partial charge in [-0.2, -0.15) is 0 Å². The molecule has 0 unspecified atom stereocenters. The van der Waals surface area contributed by atoms with Gasteiger partial charge < -0.3 is 10.2 Å². The molecule has 0 aliphatic heterocycles. The van der Waals surface area contributed by atoms with Gasteiger partial charge in [0.1, 0.15) is 0 Å². The fraction of sp³-hybridized carbons (Fsp3) is 0.286. The molecule has 0 atom stereocenters. The first-order valence-corrected chi connectivity index (χ1v) is 7.39. The van der Waals surface area contributed by atoms with Crippen molar-refractivity contribution in [2.24, 2.45) is 0 Å². The summed E-state index contributed by atoms with van der Waals surface area (Å²) in [7, 11) is 0. The Bertz CT molecular complexity index is 550. The van der Waals surface area contributed by atoms with Crippen LogP contribution in [0.2, 0.25) is 9.36 Å². The molecule has 0 amide bonds. The molecule has 0 aliphatic rings. The van der Waals surface area contributed by atoms with Crippen LogP contribution in [-0.4, -0.2) is 23.4 Å². The highest BCUT2D eigenvalue weighted by Crippen LogP contribution is 2.35. The van der Waals surface area contributed by atoms with Gasteiger partial charge in [0.05, 0.1) is 17.6 Å². The molecule has 5 heteroatoms. The topological polar surface area (TPSA) is 40.5 Å². The van der Waals surface area contributed by atoms with Gasteiger partial charge in [0.2, 0.25) is 0 Å². The Balaban J connectivity index is 2.40. The van der Waals surface area contributed by atoms with E-state index in [1.54, 1.807) is 6.07 Å². The molecule has 0 aliphatic carbocycles. The van der Waals surface area contributed by atoms with E-state index in [0.29, 0.717) is 15.8 Å². The number of hydrogen-bond acceptors (Lipinski definition) is 3. The molecule has 2 N–H and O–H groups in total. The molecule has 1 aromatic carbocycles. The van der Waals surface area contributed by atoms with Crippen LogP contribution in [0, 0.1) is 0 Å². The fourth-order valence-corrected chi connectivity index (χ4v) is 3.67.